The first kappa shape index (κ1) is 26.6. The van der Waals surface area contributed by atoms with Crippen LogP contribution in [0.25, 0.3) is 0 Å². The molecule has 2 heterocycles. The van der Waals surface area contributed by atoms with Crippen LogP contribution in [-0.4, -0.2) is 52.7 Å². The third-order valence-corrected chi connectivity index (χ3v) is 10.6. The number of para-hydroxylation sites is 2. The fourth-order valence-corrected chi connectivity index (χ4v) is 8.34. The van der Waals surface area contributed by atoms with E-state index in [9.17, 15) is 14.9 Å². The number of nitro benzene ring substituents is 1. The molecule has 3 aromatic carbocycles. The van der Waals surface area contributed by atoms with Crippen LogP contribution in [0.5, 0.6) is 0 Å². The van der Waals surface area contributed by atoms with Gasteiger partial charge in [0, 0.05) is 34.8 Å². The van der Waals surface area contributed by atoms with Crippen LogP contribution in [0.1, 0.15) is 39.9 Å². The number of rotatable bonds is 5. The first-order valence-electron chi connectivity index (χ1n) is 13.0. The summed E-state index contributed by atoms with van der Waals surface area (Å²) >= 11 is 12.3. The summed E-state index contributed by atoms with van der Waals surface area (Å²) in [6.07, 6.45) is 0.782. The average Bonchev–Trinajstić information content (AvgIpc) is 3.29. The third kappa shape index (κ3) is 5.06. The summed E-state index contributed by atoms with van der Waals surface area (Å²) in [5, 5.41) is 15.1. The van der Waals surface area contributed by atoms with E-state index in [1.165, 1.54) is 11.8 Å². The number of nitro groups is 1. The Bertz CT molecular complexity index is 1400. The molecule has 0 bridgehead atoms. The molecule has 202 valence electrons. The lowest BCUT2D eigenvalue weighted by Gasteiger charge is -2.39. The summed E-state index contributed by atoms with van der Waals surface area (Å²) in [7, 11) is 0. The van der Waals surface area contributed by atoms with Gasteiger partial charge in [-0.1, -0.05) is 52.3 Å². The molecule has 39 heavy (non-hydrogen) atoms. The molecule has 1 saturated heterocycles. The Morgan fingerprint density at radius 2 is 1.82 bits per heavy atom. The Kier molecular flexibility index (Phi) is 7.59. The topological polar surface area (TPSA) is 84.7 Å². The number of thioether (sulfide) groups is 1. The Labute approximate surface area is 244 Å². The number of fused-ring (bicyclic) bond motifs is 3. The first-order valence-corrected chi connectivity index (χ1v) is 15.1. The number of carbonyl (C=O) groups is 1. The predicted octanol–water partition coefficient (Wildman–Crippen LogP) is 6.87. The van der Waals surface area contributed by atoms with Gasteiger partial charge in [0.15, 0.2) is 0 Å². The number of amides is 1. The zero-order chi connectivity index (χ0) is 27.1. The molecule has 0 spiro atoms. The van der Waals surface area contributed by atoms with Crippen molar-refractivity contribution in [3.8, 4) is 0 Å². The number of benzene rings is 3. The second-order valence-corrected chi connectivity index (χ2v) is 12.8. The maximum Gasteiger partial charge on any atom is 0.282 e. The van der Waals surface area contributed by atoms with Gasteiger partial charge in [-0.2, -0.15) is 0 Å². The predicted molar refractivity (Wildman–Crippen MR) is 157 cm³/mol. The number of ether oxygens (including phenoxy) is 1. The van der Waals surface area contributed by atoms with Crippen molar-refractivity contribution in [2.45, 2.75) is 33.9 Å². The number of anilines is 1. The number of morpholine rings is 1. The zero-order valence-corrected chi connectivity index (χ0v) is 24.1. The Balaban J connectivity index is 1.40. The van der Waals surface area contributed by atoms with Crippen LogP contribution in [0.3, 0.4) is 0 Å². The highest BCUT2D eigenvalue weighted by atomic mass is 79.9. The second-order valence-electron chi connectivity index (χ2n) is 10.1. The number of carbonyl (C=O) groups excluding carboxylic acids is 1. The quantitative estimate of drug-likeness (QED) is 0.189. The molecule has 3 aliphatic rings. The molecule has 1 N–H and O–H groups in total. The summed E-state index contributed by atoms with van der Waals surface area (Å²) in [4.78, 5) is 27.5. The molecule has 0 radical (unpaired) electrons. The van der Waals surface area contributed by atoms with Crippen molar-refractivity contribution in [2.24, 2.45) is 5.92 Å². The van der Waals surface area contributed by atoms with E-state index in [2.05, 4.69) is 39.4 Å². The van der Waals surface area contributed by atoms with E-state index in [1.54, 1.807) is 18.2 Å². The van der Waals surface area contributed by atoms with E-state index < -0.39 is 0 Å². The van der Waals surface area contributed by atoms with E-state index in [1.807, 2.05) is 35.2 Å². The number of nitrogens with zero attached hydrogens (tertiary/aromatic N) is 2. The van der Waals surface area contributed by atoms with Gasteiger partial charge in [-0.3, -0.25) is 14.9 Å². The molecule has 0 unspecified atom stereocenters. The lowest BCUT2D eigenvalue weighted by Crippen LogP contribution is -2.41. The highest BCUT2D eigenvalue weighted by Gasteiger charge is 2.51. The van der Waals surface area contributed by atoms with Gasteiger partial charge < -0.3 is 15.0 Å². The summed E-state index contributed by atoms with van der Waals surface area (Å²) in [6, 6.07) is 20.9. The van der Waals surface area contributed by atoms with Gasteiger partial charge in [0.2, 0.25) is 0 Å². The minimum atomic E-state index is -0.335. The minimum absolute atomic E-state index is 0.00869. The molecule has 1 amide bonds. The molecule has 2 fully saturated rings. The highest BCUT2D eigenvalue weighted by Crippen LogP contribution is 2.58. The normalized spacial score (nSPS) is 25.9. The Morgan fingerprint density at radius 1 is 1.08 bits per heavy atom. The van der Waals surface area contributed by atoms with Crippen LogP contribution in [-0.2, 0) is 4.74 Å². The zero-order valence-electron chi connectivity index (χ0n) is 21.0. The van der Waals surface area contributed by atoms with E-state index in [4.69, 9.17) is 16.3 Å². The maximum absolute atomic E-state index is 13.7. The first-order chi connectivity index (χ1) is 18.9. The molecule has 5 atom stereocenters. The number of nitrogens with one attached hydrogen (secondary N) is 1. The van der Waals surface area contributed by atoms with Crippen molar-refractivity contribution < 1.29 is 14.5 Å². The molecule has 1 aliphatic carbocycles. The standard InChI is InChI=1S/C29H27BrClN3O4S/c30-18-10-8-17(9-11-18)27-21-16-24(39-23-7-2-1-6-22(23)34(36)37)26(31)25(21)19-4-3-5-20(28(19)32-27)29(35)33-12-14-38-15-13-33/h1-11,21,24-27,32H,12-16H2/t21-,24+,25+,26-,27+/m1/s1. The van der Waals surface area contributed by atoms with Gasteiger partial charge in [0.1, 0.15) is 0 Å². The van der Waals surface area contributed by atoms with Crippen LogP contribution < -0.4 is 5.32 Å². The number of alkyl halides is 1. The van der Waals surface area contributed by atoms with Gasteiger partial charge in [0.05, 0.1) is 45.7 Å². The summed E-state index contributed by atoms with van der Waals surface area (Å²) in [5.74, 6) is 0.120. The van der Waals surface area contributed by atoms with Crippen molar-refractivity contribution in [2.75, 3.05) is 31.6 Å². The van der Waals surface area contributed by atoms with E-state index in [0.717, 1.165) is 27.7 Å². The molecular formula is C29H27BrClN3O4S. The summed E-state index contributed by atoms with van der Waals surface area (Å²) < 4.78 is 6.46. The van der Waals surface area contributed by atoms with Gasteiger partial charge in [-0.15, -0.1) is 23.4 Å². The lowest BCUT2D eigenvalue weighted by molar-refractivity contribution is -0.387. The van der Waals surface area contributed by atoms with Crippen LogP contribution in [0.4, 0.5) is 11.4 Å². The number of hydrogen-bond donors (Lipinski definition) is 1. The molecule has 3 aromatic rings. The van der Waals surface area contributed by atoms with Crippen LogP contribution in [0.2, 0.25) is 0 Å². The lowest BCUT2D eigenvalue weighted by atomic mass is 9.76. The van der Waals surface area contributed by atoms with Gasteiger partial charge >= 0.3 is 0 Å². The minimum Gasteiger partial charge on any atom is -0.378 e. The molecule has 2 aliphatic heterocycles. The van der Waals surface area contributed by atoms with Crippen LogP contribution in [0.15, 0.2) is 76.1 Å². The smallest absolute Gasteiger partial charge is 0.282 e. The van der Waals surface area contributed by atoms with E-state index in [-0.39, 0.29) is 45.0 Å². The van der Waals surface area contributed by atoms with E-state index in [0.29, 0.717) is 36.8 Å². The van der Waals surface area contributed by atoms with Crippen LogP contribution >= 0.6 is 39.3 Å². The number of halogens is 2. The maximum atomic E-state index is 13.7. The van der Waals surface area contributed by atoms with Gasteiger partial charge in [-0.05, 0) is 47.7 Å². The Hall–Kier alpha value is -2.59. The fourth-order valence-electron chi connectivity index (χ4n) is 6.13. The van der Waals surface area contributed by atoms with Crippen molar-refractivity contribution in [1.29, 1.82) is 0 Å². The third-order valence-electron chi connectivity index (χ3n) is 7.95. The largest absolute Gasteiger partial charge is 0.378 e. The van der Waals surface area contributed by atoms with Crippen molar-refractivity contribution in [3.05, 3.63) is 98.0 Å². The Morgan fingerprint density at radius 3 is 2.56 bits per heavy atom. The number of hydrogen-bond acceptors (Lipinski definition) is 6. The highest BCUT2D eigenvalue weighted by molar-refractivity contribution is 9.10. The molecule has 10 heteroatoms. The van der Waals surface area contributed by atoms with Crippen molar-refractivity contribution >= 4 is 56.6 Å². The molecule has 1 saturated carbocycles. The monoisotopic (exact) mass is 627 g/mol. The second kappa shape index (κ2) is 11.1. The van der Waals surface area contributed by atoms with Gasteiger partial charge in [0.25, 0.3) is 11.6 Å². The van der Waals surface area contributed by atoms with Crippen molar-refractivity contribution in [1.82, 2.24) is 4.90 Å². The molecule has 7 nitrogen and oxygen atoms in total. The molecule has 6 rings (SSSR count). The SMILES string of the molecule is O=C(c1cccc2c1N[C@@H](c1ccc(Br)cc1)[C@@H]1C[C@H](Sc3ccccc3[N+](=O)[O-])[C@@H](Cl)[C@@H]21)N1CCOCC1. The van der Waals surface area contributed by atoms with E-state index >= 15 is 0 Å². The average molecular weight is 629 g/mol. The fraction of sp³-hybridized carbons (Fsp3) is 0.345. The summed E-state index contributed by atoms with van der Waals surface area (Å²) in [6.45, 7) is 2.21. The summed E-state index contributed by atoms with van der Waals surface area (Å²) in [5.41, 5.74) is 3.74. The van der Waals surface area contributed by atoms with Crippen LogP contribution in [0, 0.1) is 16.0 Å². The molecular weight excluding hydrogens is 602 g/mol. The van der Waals surface area contributed by atoms with Gasteiger partial charge in [-0.25, -0.2) is 0 Å². The van der Waals surface area contributed by atoms with Crippen molar-refractivity contribution in [3.63, 3.8) is 0 Å². The molecule has 0 aromatic heterocycles.